The number of benzene rings is 5. The first-order chi connectivity index (χ1) is 28.4. The first-order valence-corrected chi connectivity index (χ1v) is 14.1. The first kappa shape index (κ1) is 18.3. The molecular formula is C42H32IrN4-2. The maximum atomic E-state index is 9.21. The molecule has 0 N–H and O–H groups in total. The van der Waals surface area contributed by atoms with E-state index in [0.29, 0.717) is 44.0 Å². The van der Waals surface area contributed by atoms with E-state index in [0.717, 1.165) is 22.8 Å². The number of rotatable bonds is 2. The molecule has 0 bridgehead atoms. The second kappa shape index (κ2) is 12.9. The molecule has 5 aromatic carbocycles. The average molecular weight is 800 g/mol. The fourth-order valence-corrected chi connectivity index (χ4v) is 5.56. The number of aromatic nitrogens is 3. The second-order valence-electron chi connectivity index (χ2n) is 10.6. The number of pyridine rings is 2. The molecule has 3 aromatic heterocycles. The van der Waals surface area contributed by atoms with E-state index in [1.54, 1.807) is 36.4 Å². The number of nitrogens with zero attached hydrogens (tertiary/aromatic N) is 4. The van der Waals surface area contributed by atoms with Crippen LogP contribution in [0.5, 0.6) is 0 Å². The number of fused-ring (bicyclic) bond motifs is 8. The third-order valence-electron chi connectivity index (χ3n) is 7.72. The van der Waals surface area contributed by atoms with Gasteiger partial charge in [-0.25, -0.2) is 0 Å². The van der Waals surface area contributed by atoms with Crippen molar-refractivity contribution < 1.29 is 40.7 Å². The van der Waals surface area contributed by atoms with Crippen LogP contribution in [0.4, 0.5) is 0 Å². The molecule has 231 valence electrons. The minimum atomic E-state index is -2.61. The largest absolute Gasteiger partial charge is 0.333 e. The summed E-state index contributed by atoms with van der Waals surface area (Å²) in [7, 11) is 0. The Hall–Kier alpha value is -5.14. The number of aryl methyl sites for hydroxylation is 5. The van der Waals surface area contributed by atoms with Crippen LogP contribution in [-0.2, 0) is 20.1 Å². The summed E-state index contributed by atoms with van der Waals surface area (Å²) in [6.07, 6.45) is 1.02. The molecule has 0 amide bonds. The van der Waals surface area contributed by atoms with Gasteiger partial charge in [0.25, 0.3) is 0 Å². The Morgan fingerprint density at radius 1 is 0.809 bits per heavy atom. The Morgan fingerprint density at radius 2 is 1.64 bits per heavy atom. The van der Waals surface area contributed by atoms with Gasteiger partial charge in [-0.15, -0.1) is 59.2 Å². The van der Waals surface area contributed by atoms with Crippen LogP contribution in [0.1, 0.15) is 53.9 Å². The van der Waals surface area contributed by atoms with E-state index in [1.807, 2.05) is 34.7 Å². The Labute approximate surface area is 309 Å². The topological polar surface area (TPSA) is 54.0 Å². The molecule has 0 saturated carbocycles. The Kier molecular flexibility index (Phi) is 5.02. The monoisotopic (exact) mass is 800 g/mol. The third-order valence-corrected chi connectivity index (χ3v) is 7.72. The van der Waals surface area contributed by atoms with Gasteiger partial charge in [0.15, 0.2) is 0 Å². The molecule has 8 aromatic rings. The van der Waals surface area contributed by atoms with Gasteiger partial charge in [-0.05, 0) is 67.0 Å². The Balaban J connectivity index is 0.000000224. The SMILES string of the molecule is [2H]C([2H])([2H])c1c[c-]c(-c2cc(C([2H])([2H])[2H])c(C([2H])([2H])[2H])cn2)cc1.[2H]C([2H])([2H])c1ccc2c(c1)c1c(C([2H])([2H])[2H])cc[c-]c1c1nc3cccc(-c4ccc(C#N)cc4)c3n21.[Ir]. The van der Waals surface area contributed by atoms with E-state index in [1.165, 1.54) is 30.3 Å². The molecule has 0 atom stereocenters. The quantitative estimate of drug-likeness (QED) is 0.129. The summed E-state index contributed by atoms with van der Waals surface area (Å²) in [6.45, 7) is -12.3. The van der Waals surface area contributed by atoms with E-state index >= 15 is 0 Å². The minimum absolute atomic E-state index is 0. The van der Waals surface area contributed by atoms with E-state index in [2.05, 4.69) is 23.2 Å². The van der Waals surface area contributed by atoms with Crippen LogP contribution >= 0.6 is 0 Å². The van der Waals surface area contributed by atoms with E-state index in [9.17, 15) is 5.26 Å². The fourth-order valence-electron chi connectivity index (χ4n) is 5.56. The van der Waals surface area contributed by atoms with Crippen molar-refractivity contribution >= 4 is 38.4 Å². The van der Waals surface area contributed by atoms with Crippen LogP contribution in [0.3, 0.4) is 0 Å². The minimum Gasteiger partial charge on any atom is -0.333 e. The van der Waals surface area contributed by atoms with Gasteiger partial charge < -0.3 is 9.38 Å². The third kappa shape index (κ3) is 5.83. The van der Waals surface area contributed by atoms with E-state index in [-0.39, 0.29) is 53.6 Å². The maximum Gasteiger partial charge on any atom is 0.0991 e. The molecule has 0 aliphatic carbocycles. The van der Waals surface area contributed by atoms with Gasteiger partial charge in [0.2, 0.25) is 0 Å². The molecule has 3 heterocycles. The predicted octanol–water partition coefficient (Wildman–Crippen LogP) is 10.2. The average Bonchev–Trinajstić information content (AvgIpc) is 3.59. The normalized spacial score (nSPS) is 17.0. The number of hydrogen-bond acceptors (Lipinski definition) is 3. The van der Waals surface area contributed by atoms with Crippen LogP contribution < -0.4 is 0 Å². The van der Waals surface area contributed by atoms with Crippen LogP contribution in [-0.4, -0.2) is 14.4 Å². The number of hydrogen-bond donors (Lipinski definition) is 0. The van der Waals surface area contributed by atoms with Crippen molar-refractivity contribution in [2.24, 2.45) is 0 Å². The van der Waals surface area contributed by atoms with Crippen LogP contribution in [0.15, 0.2) is 103 Å². The van der Waals surface area contributed by atoms with Crippen molar-refractivity contribution in [2.75, 3.05) is 0 Å². The van der Waals surface area contributed by atoms with Gasteiger partial charge >= 0.3 is 0 Å². The van der Waals surface area contributed by atoms with Gasteiger partial charge in [0, 0.05) is 57.9 Å². The van der Waals surface area contributed by atoms with Crippen molar-refractivity contribution in [3.05, 3.63) is 149 Å². The van der Waals surface area contributed by atoms with Crippen molar-refractivity contribution in [2.45, 2.75) is 34.3 Å². The zero-order valence-corrected chi connectivity index (χ0v) is 26.8. The Bertz CT molecular complexity index is 3010. The van der Waals surface area contributed by atoms with Crippen molar-refractivity contribution in [1.29, 1.82) is 5.26 Å². The molecular weight excluding hydrogens is 753 g/mol. The van der Waals surface area contributed by atoms with Gasteiger partial charge in [0.05, 0.1) is 28.3 Å². The molecule has 47 heavy (non-hydrogen) atoms. The summed E-state index contributed by atoms with van der Waals surface area (Å²) in [5, 5.41) is 10.6. The number of para-hydroxylation sites is 1. The smallest absolute Gasteiger partial charge is 0.0991 e. The molecule has 8 rings (SSSR count). The summed E-state index contributed by atoms with van der Waals surface area (Å²) in [5.74, 6) is 0. The molecule has 1 radical (unpaired) electrons. The summed E-state index contributed by atoms with van der Waals surface area (Å²) < 4.78 is 117. The number of nitriles is 1. The first-order valence-electron chi connectivity index (χ1n) is 21.6. The zero-order valence-electron chi connectivity index (χ0n) is 39.4. The maximum absolute atomic E-state index is 9.21. The van der Waals surface area contributed by atoms with Gasteiger partial charge in [0.1, 0.15) is 0 Å². The molecule has 0 aliphatic rings. The molecule has 0 spiro atoms. The second-order valence-corrected chi connectivity index (χ2v) is 10.6. The van der Waals surface area contributed by atoms with Crippen LogP contribution in [0, 0.1) is 57.7 Å². The molecule has 0 unspecified atom stereocenters. The predicted molar refractivity (Wildman–Crippen MR) is 189 cm³/mol. The molecule has 0 saturated heterocycles. The molecule has 0 fully saturated rings. The summed E-state index contributed by atoms with van der Waals surface area (Å²) >= 11 is 0. The van der Waals surface area contributed by atoms with Gasteiger partial charge in [-0.2, -0.15) is 5.26 Å². The van der Waals surface area contributed by atoms with Gasteiger partial charge in [-0.3, -0.25) is 4.98 Å². The van der Waals surface area contributed by atoms with Crippen molar-refractivity contribution in [3.8, 4) is 28.5 Å². The standard InChI is InChI=1S/C28H18N3.C14H14N.Ir/c1-17-9-14-25-23(15-17)26-18(2)5-3-7-22(26)28-30-24-8-4-6-21(27(24)31(25)28)20-12-10-19(16-29)11-13-20;1-10-4-6-13(7-5-10)14-8-11(2)12(3)9-15-14;/h3-6,8-15H,1-2H3;4-6,8-9H,1-3H3;/q2*-1;/i1D3,2D3;1D3,2D3,3D3;. The summed E-state index contributed by atoms with van der Waals surface area (Å²) in [6, 6.07) is 34.3. The summed E-state index contributed by atoms with van der Waals surface area (Å²) in [5.41, 5.74) is 5.29. The van der Waals surface area contributed by atoms with E-state index in [4.69, 9.17) is 25.5 Å². The van der Waals surface area contributed by atoms with Crippen molar-refractivity contribution in [1.82, 2.24) is 14.4 Å². The van der Waals surface area contributed by atoms with Gasteiger partial charge in [-0.1, -0.05) is 78.1 Å². The van der Waals surface area contributed by atoms with E-state index < -0.39 is 34.3 Å². The summed E-state index contributed by atoms with van der Waals surface area (Å²) in [4.78, 5) is 8.89. The molecule has 5 heteroatoms. The number of imidazole rings is 1. The Morgan fingerprint density at radius 3 is 2.38 bits per heavy atom. The molecule has 4 nitrogen and oxygen atoms in total. The van der Waals surface area contributed by atoms with Crippen molar-refractivity contribution in [3.63, 3.8) is 0 Å². The molecule has 0 aliphatic heterocycles. The van der Waals surface area contributed by atoms with Crippen LogP contribution in [0.25, 0.3) is 60.7 Å². The fraction of sp³-hybridized carbons (Fsp3) is 0.119. The zero-order chi connectivity index (χ0) is 44.4. The van der Waals surface area contributed by atoms with Crippen LogP contribution in [0.2, 0.25) is 0 Å².